The van der Waals surface area contributed by atoms with Crippen LogP contribution in [0.15, 0.2) is 24.3 Å². The molecule has 1 aromatic rings. The average molecular weight is 218 g/mol. The molecular formula is C14H18O2. The molecule has 1 aromatic carbocycles. The van der Waals surface area contributed by atoms with Gasteiger partial charge in [-0.2, -0.15) is 0 Å². The molecule has 0 saturated heterocycles. The van der Waals surface area contributed by atoms with E-state index >= 15 is 0 Å². The van der Waals surface area contributed by atoms with Crippen LogP contribution in [0.3, 0.4) is 0 Å². The summed E-state index contributed by atoms with van der Waals surface area (Å²) < 4.78 is 5.40. The minimum atomic E-state index is -0.520. The van der Waals surface area contributed by atoms with Crippen LogP contribution in [0.1, 0.15) is 42.1 Å². The van der Waals surface area contributed by atoms with Gasteiger partial charge in [-0.25, -0.2) is 0 Å². The number of carbonyl (C=O) groups is 1. The number of ketones is 1. The number of carbonyl (C=O) groups excluding carboxylic acids is 1. The van der Waals surface area contributed by atoms with Crippen LogP contribution >= 0.6 is 0 Å². The molecule has 0 aromatic heterocycles. The third-order valence-electron chi connectivity index (χ3n) is 3.59. The van der Waals surface area contributed by atoms with Crippen molar-refractivity contribution in [2.75, 3.05) is 7.11 Å². The quantitative estimate of drug-likeness (QED) is 0.726. The van der Waals surface area contributed by atoms with E-state index in [0.717, 1.165) is 31.2 Å². The highest BCUT2D eigenvalue weighted by Gasteiger charge is 2.44. The monoisotopic (exact) mass is 218 g/mol. The van der Waals surface area contributed by atoms with Crippen LogP contribution in [-0.4, -0.2) is 18.5 Å². The molecule has 0 radical (unpaired) electrons. The van der Waals surface area contributed by atoms with Crippen LogP contribution in [0.25, 0.3) is 0 Å². The Morgan fingerprint density at radius 1 is 1.31 bits per heavy atom. The predicted molar refractivity (Wildman–Crippen MR) is 63.7 cm³/mol. The molecule has 1 aliphatic rings. The molecule has 86 valence electrons. The molecule has 0 N–H and O–H groups in total. The second kappa shape index (κ2) is 4.38. The van der Waals surface area contributed by atoms with Crippen LogP contribution in [0.2, 0.25) is 0 Å². The Hall–Kier alpha value is -1.15. The van der Waals surface area contributed by atoms with Gasteiger partial charge in [0.2, 0.25) is 0 Å². The Morgan fingerprint density at radius 2 is 1.94 bits per heavy atom. The molecule has 1 saturated carbocycles. The van der Waals surface area contributed by atoms with E-state index in [9.17, 15) is 4.79 Å². The van der Waals surface area contributed by atoms with Gasteiger partial charge in [0.25, 0.3) is 0 Å². The van der Waals surface area contributed by atoms with E-state index in [2.05, 4.69) is 6.92 Å². The van der Waals surface area contributed by atoms with E-state index in [1.54, 1.807) is 7.11 Å². The Labute approximate surface area is 96.6 Å². The maximum absolute atomic E-state index is 12.3. The first kappa shape index (κ1) is 11.3. The highest BCUT2D eigenvalue weighted by molar-refractivity contribution is 6.03. The maximum atomic E-state index is 12.3. The van der Waals surface area contributed by atoms with Gasteiger partial charge in [-0.3, -0.25) is 4.79 Å². The van der Waals surface area contributed by atoms with E-state index in [-0.39, 0.29) is 5.78 Å². The summed E-state index contributed by atoms with van der Waals surface area (Å²) in [6, 6.07) is 7.88. The van der Waals surface area contributed by atoms with Crippen molar-refractivity contribution in [3.05, 3.63) is 35.4 Å². The van der Waals surface area contributed by atoms with Crippen LogP contribution < -0.4 is 0 Å². The predicted octanol–water partition coefficient (Wildman–Crippen LogP) is 3.00. The topological polar surface area (TPSA) is 26.3 Å². The highest BCUT2D eigenvalue weighted by Crippen LogP contribution is 2.37. The first-order chi connectivity index (χ1) is 7.72. The zero-order valence-electron chi connectivity index (χ0n) is 9.95. The smallest absolute Gasteiger partial charge is 0.194 e. The van der Waals surface area contributed by atoms with Crippen molar-refractivity contribution in [2.24, 2.45) is 0 Å². The number of ether oxygens (including phenoxy) is 1. The lowest BCUT2D eigenvalue weighted by atomic mass is 9.75. The van der Waals surface area contributed by atoms with Gasteiger partial charge in [0.15, 0.2) is 5.78 Å². The van der Waals surface area contributed by atoms with Crippen molar-refractivity contribution in [2.45, 2.75) is 38.2 Å². The molecule has 2 nitrogen and oxygen atoms in total. The molecular weight excluding hydrogens is 200 g/mol. The Balaban J connectivity index is 2.20. The molecule has 2 heteroatoms. The molecule has 0 amide bonds. The van der Waals surface area contributed by atoms with Crippen LogP contribution in [-0.2, 0) is 11.2 Å². The van der Waals surface area contributed by atoms with E-state index < -0.39 is 5.60 Å². The fourth-order valence-corrected chi connectivity index (χ4v) is 2.18. The maximum Gasteiger partial charge on any atom is 0.194 e. The summed E-state index contributed by atoms with van der Waals surface area (Å²) >= 11 is 0. The number of methoxy groups -OCH3 is 1. The van der Waals surface area contributed by atoms with Crippen molar-refractivity contribution in [1.82, 2.24) is 0 Å². The van der Waals surface area contributed by atoms with Gasteiger partial charge in [0.05, 0.1) is 0 Å². The lowest BCUT2D eigenvalue weighted by Crippen LogP contribution is -2.47. The number of hydrogen-bond acceptors (Lipinski definition) is 2. The fourth-order valence-electron chi connectivity index (χ4n) is 2.18. The zero-order valence-corrected chi connectivity index (χ0v) is 9.95. The number of benzene rings is 1. The summed E-state index contributed by atoms with van der Waals surface area (Å²) in [7, 11) is 1.64. The summed E-state index contributed by atoms with van der Waals surface area (Å²) in [4.78, 5) is 12.3. The lowest BCUT2D eigenvalue weighted by Gasteiger charge is -2.38. The first-order valence-electron chi connectivity index (χ1n) is 5.91. The van der Waals surface area contributed by atoms with E-state index in [4.69, 9.17) is 4.74 Å². The molecule has 0 heterocycles. The number of rotatable bonds is 4. The van der Waals surface area contributed by atoms with Gasteiger partial charge in [-0.15, -0.1) is 0 Å². The van der Waals surface area contributed by atoms with Crippen molar-refractivity contribution in [1.29, 1.82) is 0 Å². The third-order valence-corrected chi connectivity index (χ3v) is 3.59. The molecule has 0 spiro atoms. The molecule has 1 aliphatic carbocycles. The fraction of sp³-hybridized carbons (Fsp3) is 0.500. The van der Waals surface area contributed by atoms with Gasteiger partial charge in [-0.1, -0.05) is 31.2 Å². The van der Waals surface area contributed by atoms with Crippen LogP contribution in [0, 0.1) is 0 Å². The normalized spacial score (nSPS) is 17.9. The molecule has 2 rings (SSSR count). The van der Waals surface area contributed by atoms with E-state index in [1.165, 1.54) is 5.56 Å². The SMILES string of the molecule is CCc1ccc(C(=O)C2(OC)CCC2)cc1. The average Bonchev–Trinajstić information content (AvgIpc) is 2.28. The minimum absolute atomic E-state index is 0.143. The van der Waals surface area contributed by atoms with Gasteiger partial charge < -0.3 is 4.74 Å². The molecule has 0 aliphatic heterocycles. The highest BCUT2D eigenvalue weighted by atomic mass is 16.5. The Kier molecular flexibility index (Phi) is 3.10. The number of hydrogen-bond donors (Lipinski definition) is 0. The third kappa shape index (κ3) is 1.78. The van der Waals surface area contributed by atoms with Gasteiger partial charge in [-0.05, 0) is 31.2 Å². The largest absolute Gasteiger partial charge is 0.370 e. The van der Waals surface area contributed by atoms with Crippen molar-refractivity contribution in [3.8, 4) is 0 Å². The molecule has 0 unspecified atom stereocenters. The first-order valence-corrected chi connectivity index (χ1v) is 5.91. The van der Waals surface area contributed by atoms with Gasteiger partial charge in [0, 0.05) is 12.7 Å². The summed E-state index contributed by atoms with van der Waals surface area (Å²) in [5.74, 6) is 0.143. The van der Waals surface area contributed by atoms with Gasteiger partial charge in [0.1, 0.15) is 5.60 Å². The second-order valence-corrected chi connectivity index (χ2v) is 4.43. The van der Waals surface area contributed by atoms with E-state index in [1.807, 2.05) is 24.3 Å². The summed E-state index contributed by atoms with van der Waals surface area (Å²) in [6.07, 6.45) is 3.81. The zero-order chi connectivity index (χ0) is 11.6. The Morgan fingerprint density at radius 3 is 2.31 bits per heavy atom. The van der Waals surface area contributed by atoms with Crippen LogP contribution in [0.5, 0.6) is 0 Å². The molecule has 0 bridgehead atoms. The van der Waals surface area contributed by atoms with Crippen LogP contribution in [0.4, 0.5) is 0 Å². The van der Waals surface area contributed by atoms with E-state index in [0.29, 0.717) is 0 Å². The lowest BCUT2D eigenvalue weighted by molar-refractivity contribution is -0.0448. The standard InChI is InChI=1S/C14H18O2/c1-3-11-5-7-12(8-6-11)13(15)14(16-2)9-4-10-14/h5-8H,3-4,9-10H2,1-2H3. The van der Waals surface area contributed by atoms with Crippen molar-refractivity contribution >= 4 is 5.78 Å². The molecule has 16 heavy (non-hydrogen) atoms. The van der Waals surface area contributed by atoms with Gasteiger partial charge >= 0.3 is 0 Å². The minimum Gasteiger partial charge on any atom is -0.370 e. The number of aryl methyl sites for hydroxylation is 1. The van der Waals surface area contributed by atoms with Crippen molar-refractivity contribution in [3.63, 3.8) is 0 Å². The second-order valence-electron chi connectivity index (χ2n) is 4.43. The summed E-state index contributed by atoms with van der Waals surface area (Å²) in [5.41, 5.74) is 1.52. The van der Waals surface area contributed by atoms with Crippen molar-refractivity contribution < 1.29 is 9.53 Å². The Bertz CT molecular complexity index is 369. The summed E-state index contributed by atoms with van der Waals surface area (Å²) in [6.45, 7) is 2.11. The summed E-state index contributed by atoms with van der Waals surface area (Å²) in [5, 5.41) is 0. The number of Topliss-reactive ketones (excluding diaryl/α,β-unsaturated/α-hetero) is 1. The molecule has 1 fully saturated rings. The molecule has 0 atom stereocenters.